The van der Waals surface area contributed by atoms with Gasteiger partial charge in [0.1, 0.15) is 5.94 Å². The third-order valence-corrected chi connectivity index (χ3v) is 0.948. The molecule has 0 atom stereocenters. The molecule has 1 aromatic rings. The smallest absolute Gasteiger partial charge is 0.214 e. The maximum absolute atomic E-state index is 9.77. The molecule has 1 heterocycles. The number of H-pyrrole nitrogens is 1. The van der Waals surface area contributed by atoms with E-state index in [1.165, 1.54) is 6.08 Å². The molecule has 0 radical (unpaired) electrons. The average molecular weight is 200 g/mol. The van der Waals surface area contributed by atoms with Gasteiger partial charge in [-0.25, -0.2) is 9.78 Å². The molecule has 1 aromatic heterocycles. The first-order valence-electron chi connectivity index (χ1n) is 2.61. The summed E-state index contributed by atoms with van der Waals surface area (Å²) in [4.78, 5) is 12.6. The predicted molar refractivity (Wildman–Crippen MR) is 33.2 cm³/mol. The van der Waals surface area contributed by atoms with Crippen molar-refractivity contribution in [3.8, 4) is 0 Å². The van der Waals surface area contributed by atoms with Crippen molar-refractivity contribution in [3.63, 3.8) is 0 Å². The fraction of sp³-hybridized carbons (Fsp3) is 0. The minimum absolute atomic E-state index is 0. The van der Waals surface area contributed by atoms with Crippen LogP contribution in [0.4, 0.5) is 0 Å². The number of rotatable bonds is 1. The molecule has 0 unspecified atom stereocenters. The highest BCUT2D eigenvalue weighted by molar-refractivity contribution is 5.71. The van der Waals surface area contributed by atoms with E-state index in [1.54, 1.807) is 18.2 Å². The molecule has 0 saturated carbocycles. The Bertz CT molecular complexity index is 229. The van der Waals surface area contributed by atoms with Gasteiger partial charge in [0.05, 0.1) is 6.08 Å². The predicted octanol–water partition coefficient (Wildman–Crippen LogP) is -2.65. The van der Waals surface area contributed by atoms with E-state index in [4.69, 9.17) is 0 Å². The van der Waals surface area contributed by atoms with Gasteiger partial charge in [-0.05, 0) is 6.07 Å². The summed E-state index contributed by atoms with van der Waals surface area (Å²) in [7, 11) is 0. The Kier molecular flexibility index (Phi) is 4.46. The Morgan fingerprint density at radius 3 is 2.80 bits per heavy atom. The first kappa shape index (κ1) is 9.08. The summed E-state index contributed by atoms with van der Waals surface area (Å²) in [5.41, 5.74) is 0.771. The lowest BCUT2D eigenvalue weighted by Gasteiger charge is -1.75. The number of nitrogens with one attached hydrogen (secondary N) is 1. The summed E-state index contributed by atoms with van der Waals surface area (Å²) in [6.45, 7) is 0. The molecule has 0 aliphatic carbocycles. The molecule has 10 heavy (non-hydrogen) atoms. The second-order valence-electron chi connectivity index (χ2n) is 1.58. The SMILES string of the molecule is O=C=Cc1cccc[nH+]1.[Br-]. The Morgan fingerprint density at radius 1 is 1.50 bits per heavy atom. The highest BCUT2D eigenvalue weighted by Gasteiger charge is 1.88. The molecule has 0 saturated heterocycles. The first-order chi connectivity index (χ1) is 4.43. The third-order valence-electron chi connectivity index (χ3n) is 0.948. The van der Waals surface area contributed by atoms with E-state index in [0.29, 0.717) is 0 Å². The normalized spacial score (nSPS) is 7.20. The number of aromatic nitrogens is 1. The van der Waals surface area contributed by atoms with Gasteiger partial charge in [0, 0.05) is 12.1 Å². The van der Waals surface area contributed by atoms with E-state index in [2.05, 4.69) is 4.98 Å². The Labute approximate surface area is 69.4 Å². The molecule has 0 amide bonds. The van der Waals surface area contributed by atoms with Crippen molar-refractivity contribution in [1.29, 1.82) is 0 Å². The standard InChI is InChI=1S/C7H5NO.BrH/c9-6-4-7-3-1-2-5-8-7;/h1-5H;1H. The van der Waals surface area contributed by atoms with Crippen molar-refractivity contribution in [3.05, 3.63) is 30.1 Å². The van der Waals surface area contributed by atoms with Crippen LogP contribution in [0.5, 0.6) is 0 Å². The summed E-state index contributed by atoms with van der Waals surface area (Å²) in [5.74, 6) is 1.68. The van der Waals surface area contributed by atoms with Crippen LogP contribution in [0.25, 0.3) is 6.08 Å². The number of carbonyl (C=O) groups excluding carboxylic acids is 1. The van der Waals surface area contributed by atoms with E-state index < -0.39 is 0 Å². The molecule has 0 bridgehead atoms. The molecule has 0 aliphatic heterocycles. The maximum Gasteiger partial charge on any atom is 0.214 e. The third kappa shape index (κ3) is 2.58. The van der Waals surface area contributed by atoms with Gasteiger partial charge < -0.3 is 17.0 Å². The van der Waals surface area contributed by atoms with E-state index in [-0.39, 0.29) is 17.0 Å². The average Bonchev–Trinajstić information content (AvgIpc) is 1.91. The number of pyridine rings is 1. The number of aromatic amines is 1. The Balaban J connectivity index is 0.000000810. The van der Waals surface area contributed by atoms with Gasteiger partial charge in [0.25, 0.3) is 0 Å². The molecule has 2 nitrogen and oxygen atoms in total. The lowest BCUT2D eigenvalue weighted by Crippen LogP contribution is -3.00. The van der Waals surface area contributed by atoms with Crippen LogP contribution in [0.1, 0.15) is 5.69 Å². The van der Waals surface area contributed by atoms with Gasteiger partial charge in [0.15, 0.2) is 6.20 Å². The van der Waals surface area contributed by atoms with Crippen LogP contribution in [0.15, 0.2) is 24.4 Å². The largest absolute Gasteiger partial charge is 1.00 e. The van der Waals surface area contributed by atoms with Crippen LogP contribution >= 0.6 is 0 Å². The van der Waals surface area contributed by atoms with Crippen LogP contribution in [-0.2, 0) is 4.79 Å². The van der Waals surface area contributed by atoms with E-state index >= 15 is 0 Å². The van der Waals surface area contributed by atoms with E-state index in [9.17, 15) is 4.79 Å². The molecule has 0 fully saturated rings. The van der Waals surface area contributed by atoms with Gasteiger partial charge in [-0.1, -0.05) is 0 Å². The Hall–Kier alpha value is -0.920. The quantitative estimate of drug-likeness (QED) is 0.455. The van der Waals surface area contributed by atoms with Crippen LogP contribution < -0.4 is 22.0 Å². The zero-order valence-electron chi connectivity index (χ0n) is 5.17. The zero-order valence-corrected chi connectivity index (χ0v) is 6.76. The van der Waals surface area contributed by atoms with Crippen LogP contribution in [-0.4, -0.2) is 5.94 Å². The van der Waals surface area contributed by atoms with Gasteiger partial charge in [-0.3, -0.25) is 0 Å². The zero-order chi connectivity index (χ0) is 6.53. The molecule has 0 spiro atoms. The summed E-state index contributed by atoms with van der Waals surface area (Å²) in [6.07, 6.45) is 3.10. The van der Waals surface area contributed by atoms with Crippen molar-refractivity contribution in [2.75, 3.05) is 0 Å². The maximum atomic E-state index is 9.77. The molecule has 1 N–H and O–H groups in total. The highest BCUT2D eigenvalue weighted by Crippen LogP contribution is 1.86. The minimum Gasteiger partial charge on any atom is -1.00 e. The highest BCUT2D eigenvalue weighted by atomic mass is 79.9. The molecule has 1 rings (SSSR count). The Morgan fingerprint density at radius 2 is 2.30 bits per heavy atom. The van der Waals surface area contributed by atoms with Crippen molar-refractivity contribution in [2.24, 2.45) is 0 Å². The van der Waals surface area contributed by atoms with Crippen molar-refractivity contribution >= 4 is 12.0 Å². The lowest BCUT2D eigenvalue weighted by atomic mass is 10.3. The number of hydrogen-bond acceptors (Lipinski definition) is 1. The molecule has 3 heteroatoms. The van der Waals surface area contributed by atoms with Crippen molar-refractivity contribution in [1.82, 2.24) is 0 Å². The van der Waals surface area contributed by atoms with E-state index in [1.807, 2.05) is 12.1 Å². The summed E-state index contributed by atoms with van der Waals surface area (Å²) in [6, 6.07) is 5.49. The molecule has 0 aromatic carbocycles. The molecular formula is C7H6BrNO. The van der Waals surface area contributed by atoms with Gasteiger partial charge in [-0.15, -0.1) is 0 Å². The monoisotopic (exact) mass is 199 g/mol. The van der Waals surface area contributed by atoms with Gasteiger partial charge in [-0.2, -0.15) is 0 Å². The fourth-order valence-electron chi connectivity index (χ4n) is 0.560. The molecule has 0 aliphatic rings. The van der Waals surface area contributed by atoms with Gasteiger partial charge >= 0.3 is 0 Å². The van der Waals surface area contributed by atoms with Crippen molar-refractivity contribution < 1.29 is 26.8 Å². The summed E-state index contributed by atoms with van der Waals surface area (Å²) < 4.78 is 0. The summed E-state index contributed by atoms with van der Waals surface area (Å²) in [5, 5.41) is 0. The second kappa shape index (κ2) is 4.91. The van der Waals surface area contributed by atoms with E-state index in [0.717, 1.165) is 5.69 Å². The second-order valence-corrected chi connectivity index (χ2v) is 1.58. The van der Waals surface area contributed by atoms with Crippen LogP contribution in [0.3, 0.4) is 0 Å². The lowest BCUT2D eigenvalue weighted by molar-refractivity contribution is -0.380. The molecule has 52 valence electrons. The number of hydrogen-bond donors (Lipinski definition) is 0. The van der Waals surface area contributed by atoms with Crippen LogP contribution in [0.2, 0.25) is 0 Å². The first-order valence-corrected chi connectivity index (χ1v) is 2.61. The van der Waals surface area contributed by atoms with Crippen molar-refractivity contribution in [2.45, 2.75) is 0 Å². The number of halogens is 1. The van der Waals surface area contributed by atoms with Crippen LogP contribution in [0, 0.1) is 0 Å². The fourth-order valence-corrected chi connectivity index (χ4v) is 0.560. The van der Waals surface area contributed by atoms with Gasteiger partial charge in [0.2, 0.25) is 5.69 Å². The molecular weight excluding hydrogens is 194 g/mol. The summed E-state index contributed by atoms with van der Waals surface area (Å²) >= 11 is 0. The topological polar surface area (TPSA) is 31.2 Å². The minimum atomic E-state index is 0.